The Hall–Kier alpha value is -1.64. The van der Waals surface area contributed by atoms with Crippen molar-refractivity contribution in [3.05, 3.63) is 23.4 Å². The normalized spacial score (nSPS) is 23.8. The van der Waals surface area contributed by atoms with E-state index in [0.717, 1.165) is 57.3 Å². The molecule has 2 saturated heterocycles. The number of nitriles is 1. The van der Waals surface area contributed by atoms with Crippen LogP contribution in [0.3, 0.4) is 0 Å². The first-order chi connectivity index (χ1) is 9.78. The SMILES string of the molecule is Cc1ccc(C#N)c(N2CCC(N3CCOCC3)C2)n1. The minimum Gasteiger partial charge on any atom is -0.379 e. The fourth-order valence-corrected chi connectivity index (χ4v) is 3.05. The van der Waals surface area contributed by atoms with Crippen molar-refractivity contribution >= 4 is 5.82 Å². The molecule has 2 aliphatic heterocycles. The topological polar surface area (TPSA) is 52.4 Å². The maximum absolute atomic E-state index is 9.24. The Bertz CT molecular complexity index is 519. The van der Waals surface area contributed by atoms with E-state index in [1.807, 2.05) is 19.1 Å². The van der Waals surface area contributed by atoms with Crippen LogP contribution in [-0.4, -0.2) is 55.3 Å². The molecule has 1 aromatic rings. The summed E-state index contributed by atoms with van der Waals surface area (Å²) in [5.41, 5.74) is 1.65. The van der Waals surface area contributed by atoms with Gasteiger partial charge >= 0.3 is 0 Å². The molecule has 3 rings (SSSR count). The third-order valence-corrected chi connectivity index (χ3v) is 4.16. The number of hydrogen-bond donors (Lipinski definition) is 0. The highest BCUT2D eigenvalue weighted by Crippen LogP contribution is 2.25. The monoisotopic (exact) mass is 272 g/mol. The summed E-state index contributed by atoms with van der Waals surface area (Å²) in [6.07, 6.45) is 1.14. The highest BCUT2D eigenvalue weighted by molar-refractivity contribution is 5.55. The predicted molar refractivity (Wildman–Crippen MR) is 76.7 cm³/mol. The molecule has 0 aromatic carbocycles. The van der Waals surface area contributed by atoms with E-state index in [2.05, 4.69) is 20.9 Å². The van der Waals surface area contributed by atoms with Gasteiger partial charge < -0.3 is 9.64 Å². The van der Waals surface area contributed by atoms with Gasteiger partial charge in [-0.1, -0.05) is 0 Å². The number of aromatic nitrogens is 1. The van der Waals surface area contributed by atoms with Crippen LogP contribution in [0.15, 0.2) is 12.1 Å². The molecule has 2 fully saturated rings. The predicted octanol–water partition coefficient (Wildman–Crippen LogP) is 1.17. The third-order valence-electron chi connectivity index (χ3n) is 4.16. The van der Waals surface area contributed by atoms with Crippen LogP contribution in [0.25, 0.3) is 0 Å². The lowest BCUT2D eigenvalue weighted by molar-refractivity contribution is 0.0209. The molecule has 106 valence electrons. The number of rotatable bonds is 2. The van der Waals surface area contributed by atoms with Gasteiger partial charge in [0.15, 0.2) is 0 Å². The van der Waals surface area contributed by atoms with Gasteiger partial charge in [0, 0.05) is 37.9 Å². The summed E-state index contributed by atoms with van der Waals surface area (Å²) in [5, 5.41) is 9.24. The van der Waals surface area contributed by atoms with E-state index in [0.29, 0.717) is 11.6 Å². The fourth-order valence-electron chi connectivity index (χ4n) is 3.05. The van der Waals surface area contributed by atoms with Crippen molar-refractivity contribution in [1.29, 1.82) is 5.26 Å². The zero-order valence-corrected chi connectivity index (χ0v) is 11.9. The van der Waals surface area contributed by atoms with Crippen molar-refractivity contribution in [3.8, 4) is 6.07 Å². The molecule has 1 aromatic heterocycles. The molecule has 0 bridgehead atoms. The van der Waals surface area contributed by atoms with E-state index in [1.165, 1.54) is 0 Å². The summed E-state index contributed by atoms with van der Waals surface area (Å²) in [6, 6.07) is 6.59. The lowest BCUT2D eigenvalue weighted by Gasteiger charge is -2.32. The minimum absolute atomic E-state index is 0.563. The first-order valence-corrected chi connectivity index (χ1v) is 7.22. The molecule has 5 heteroatoms. The zero-order chi connectivity index (χ0) is 13.9. The molecule has 1 atom stereocenters. The number of hydrogen-bond acceptors (Lipinski definition) is 5. The highest BCUT2D eigenvalue weighted by Gasteiger charge is 2.30. The summed E-state index contributed by atoms with van der Waals surface area (Å²) < 4.78 is 5.41. The van der Waals surface area contributed by atoms with Crippen molar-refractivity contribution in [2.75, 3.05) is 44.3 Å². The van der Waals surface area contributed by atoms with Crippen LogP contribution in [0.4, 0.5) is 5.82 Å². The second-order valence-corrected chi connectivity index (χ2v) is 5.47. The Morgan fingerprint density at radius 3 is 2.85 bits per heavy atom. The molecule has 0 saturated carbocycles. The zero-order valence-electron chi connectivity index (χ0n) is 11.9. The van der Waals surface area contributed by atoms with Crippen LogP contribution in [0.1, 0.15) is 17.7 Å². The van der Waals surface area contributed by atoms with Crippen molar-refractivity contribution < 1.29 is 4.74 Å². The molecule has 5 nitrogen and oxygen atoms in total. The molecule has 0 amide bonds. The number of anilines is 1. The summed E-state index contributed by atoms with van der Waals surface area (Å²) >= 11 is 0. The van der Waals surface area contributed by atoms with Crippen molar-refractivity contribution in [1.82, 2.24) is 9.88 Å². The van der Waals surface area contributed by atoms with Gasteiger partial charge in [-0.25, -0.2) is 4.98 Å². The van der Waals surface area contributed by atoms with Gasteiger partial charge in [0.1, 0.15) is 11.9 Å². The van der Waals surface area contributed by atoms with Crippen molar-refractivity contribution in [3.63, 3.8) is 0 Å². The first-order valence-electron chi connectivity index (χ1n) is 7.22. The van der Waals surface area contributed by atoms with E-state index in [1.54, 1.807) is 0 Å². The van der Waals surface area contributed by atoms with Crippen LogP contribution in [0.2, 0.25) is 0 Å². The fraction of sp³-hybridized carbons (Fsp3) is 0.600. The van der Waals surface area contributed by atoms with Crippen LogP contribution < -0.4 is 4.90 Å². The lowest BCUT2D eigenvalue weighted by atomic mass is 10.2. The standard InChI is InChI=1S/C15H20N4O/c1-12-2-3-13(10-16)15(17-12)19-5-4-14(11-19)18-6-8-20-9-7-18/h2-3,14H,4-9,11H2,1H3. The van der Waals surface area contributed by atoms with Crippen LogP contribution in [0.5, 0.6) is 0 Å². The molecule has 0 aliphatic carbocycles. The molecule has 0 N–H and O–H groups in total. The lowest BCUT2D eigenvalue weighted by Crippen LogP contribution is -2.44. The van der Waals surface area contributed by atoms with E-state index in [-0.39, 0.29) is 0 Å². The summed E-state index contributed by atoms with van der Waals surface area (Å²) in [6.45, 7) is 7.62. The molecule has 2 aliphatic rings. The van der Waals surface area contributed by atoms with Gasteiger partial charge in [0.05, 0.1) is 18.8 Å². The largest absolute Gasteiger partial charge is 0.379 e. The maximum atomic E-state index is 9.24. The number of aryl methyl sites for hydroxylation is 1. The average Bonchev–Trinajstić information content (AvgIpc) is 2.98. The Kier molecular flexibility index (Phi) is 3.86. The number of nitrogens with zero attached hydrogens (tertiary/aromatic N) is 4. The van der Waals surface area contributed by atoms with Crippen LogP contribution in [-0.2, 0) is 4.74 Å². The second-order valence-electron chi connectivity index (χ2n) is 5.47. The molecular formula is C15H20N4O. The molecule has 0 spiro atoms. The number of pyridine rings is 1. The van der Waals surface area contributed by atoms with E-state index >= 15 is 0 Å². The number of ether oxygens (including phenoxy) is 1. The van der Waals surface area contributed by atoms with Crippen LogP contribution >= 0.6 is 0 Å². The quantitative estimate of drug-likeness (QED) is 0.809. The molecule has 20 heavy (non-hydrogen) atoms. The summed E-state index contributed by atoms with van der Waals surface area (Å²) in [5.74, 6) is 0.850. The summed E-state index contributed by atoms with van der Waals surface area (Å²) in [4.78, 5) is 9.33. The van der Waals surface area contributed by atoms with Gasteiger partial charge in [-0.05, 0) is 25.5 Å². The van der Waals surface area contributed by atoms with E-state index < -0.39 is 0 Å². The molecule has 1 unspecified atom stereocenters. The van der Waals surface area contributed by atoms with Gasteiger partial charge in [-0.2, -0.15) is 5.26 Å². The minimum atomic E-state index is 0.563. The Morgan fingerprint density at radius 1 is 1.30 bits per heavy atom. The maximum Gasteiger partial charge on any atom is 0.146 e. The van der Waals surface area contributed by atoms with Gasteiger partial charge in [0.2, 0.25) is 0 Å². The highest BCUT2D eigenvalue weighted by atomic mass is 16.5. The van der Waals surface area contributed by atoms with E-state index in [9.17, 15) is 5.26 Å². The Labute approximate surface area is 119 Å². The third kappa shape index (κ3) is 2.62. The average molecular weight is 272 g/mol. The Balaban J connectivity index is 1.73. The van der Waals surface area contributed by atoms with Crippen LogP contribution in [0, 0.1) is 18.3 Å². The van der Waals surface area contributed by atoms with Crippen molar-refractivity contribution in [2.45, 2.75) is 19.4 Å². The van der Waals surface area contributed by atoms with Crippen molar-refractivity contribution in [2.24, 2.45) is 0 Å². The smallest absolute Gasteiger partial charge is 0.146 e. The Morgan fingerprint density at radius 2 is 2.10 bits per heavy atom. The first kappa shape index (κ1) is 13.3. The van der Waals surface area contributed by atoms with Gasteiger partial charge in [-0.3, -0.25) is 4.90 Å². The van der Waals surface area contributed by atoms with Gasteiger partial charge in [0.25, 0.3) is 0 Å². The molecular weight excluding hydrogens is 252 g/mol. The molecule has 0 radical (unpaired) electrons. The number of morpholine rings is 1. The molecule has 3 heterocycles. The van der Waals surface area contributed by atoms with Gasteiger partial charge in [-0.15, -0.1) is 0 Å². The second kappa shape index (κ2) is 5.78. The van der Waals surface area contributed by atoms with E-state index in [4.69, 9.17) is 4.74 Å². The summed E-state index contributed by atoms with van der Waals surface area (Å²) in [7, 11) is 0.